The van der Waals surface area contributed by atoms with Crippen LogP contribution in [0.5, 0.6) is 0 Å². The minimum Gasteiger partial charge on any atom is -0.348 e. The SMILES string of the molecule is O=C(NC1CC2CCC(C1)N2)c1sccc1S(=O)(=O)N1CCCC1. The molecule has 4 rings (SSSR count). The van der Waals surface area contributed by atoms with Crippen molar-refractivity contribution in [1.82, 2.24) is 14.9 Å². The van der Waals surface area contributed by atoms with Gasteiger partial charge < -0.3 is 10.6 Å². The number of nitrogens with zero attached hydrogens (tertiary/aromatic N) is 1. The molecule has 1 aromatic rings. The molecule has 8 heteroatoms. The van der Waals surface area contributed by atoms with Crippen molar-refractivity contribution >= 4 is 27.3 Å². The van der Waals surface area contributed by atoms with Crippen molar-refractivity contribution in [2.24, 2.45) is 0 Å². The van der Waals surface area contributed by atoms with E-state index in [1.54, 1.807) is 11.4 Å². The number of thiophene rings is 1. The lowest BCUT2D eigenvalue weighted by atomic mass is 10.00. The maximum absolute atomic E-state index is 12.8. The number of hydrogen-bond acceptors (Lipinski definition) is 5. The number of amides is 1. The number of nitrogens with one attached hydrogen (secondary N) is 2. The van der Waals surface area contributed by atoms with E-state index in [4.69, 9.17) is 0 Å². The molecule has 2 bridgehead atoms. The number of rotatable bonds is 4. The highest BCUT2D eigenvalue weighted by Crippen LogP contribution is 2.30. The van der Waals surface area contributed by atoms with Gasteiger partial charge in [-0.2, -0.15) is 4.31 Å². The lowest BCUT2D eigenvalue weighted by Crippen LogP contribution is -2.48. The molecule has 3 aliphatic heterocycles. The number of hydrogen-bond donors (Lipinski definition) is 2. The largest absolute Gasteiger partial charge is 0.348 e. The minimum absolute atomic E-state index is 0.140. The number of piperidine rings is 1. The van der Waals surface area contributed by atoms with E-state index in [0.717, 1.165) is 25.7 Å². The van der Waals surface area contributed by atoms with Gasteiger partial charge in [-0.1, -0.05) is 0 Å². The second-order valence-corrected chi connectivity index (χ2v) is 9.83. The smallest absolute Gasteiger partial charge is 0.262 e. The molecule has 4 heterocycles. The van der Waals surface area contributed by atoms with Crippen LogP contribution < -0.4 is 10.6 Å². The summed E-state index contributed by atoms with van der Waals surface area (Å²) in [4.78, 5) is 13.2. The Hall–Kier alpha value is -0.960. The van der Waals surface area contributed by atoms with E-state index in [1.807, 2.05) is 0 Å². The van der Waals surface area contributed by atoms with Crippen LogP contribution in [0.4, 0.5) is 0 Å². The topological polar surface area (TPSA) is 78.5 Å². The molecule has 24 heavy (non-hydrogen) atoms. The third-order valence-corrected chi connectivity index (χ3v) is 8.31. The molecular weight excluding hydrogens is 346 g/mol. The first kappa shape index (κ1) is 16.5. The Morgan fingerprint density at radius 3 is 2.54 bits per heavy atom. The Bertz CT molecular complexity index is 713. The van der Waals surface area contributed by atoms with Crippen molar-refractivity contribution < 1.29 is 13.2 Å². The summed E-state index contributed by atoms with van der Waals surface area (Å²) < 4.78 is 27.0. The van der Waals surface area contributed by atoms with Crippen LogP contribution in [0.3, 0.4) is 0 Å². The Balaban J connectivity index is 1.50. The zero-order valence-electron chi connectivity index (χ0n) is 13.5. The average Bonchev–Trinajstić information content (AvgIpc) is 3.27. The molecular formula is C16H23N3O3S2. The van der Waals surface area contributed by atoms with E-state index in [9.17, 15) is 13.2 Å². The van der Waals surface area contributed by atoms with Gasteiger partial charge >= 0.3 is 0 Å². The van der Waals surface area contributed by atoms with E-state index in [0.29, 0.717) is 30.1 Å². The van der Waals surface area contributed by atoms with Crippen LogP contribution >= 0.6 is 11.3 Å². The highest BCUT2D eigenvalue weighted by molar-refractivity contribution is 7.89. The van der Waals surface area contributed by atoms with E-state index >= 15 is 0 Å². The molecule has 2 atom stereocenters. The van der Waals surface area contributed by atoms with Gasteiger partial charge in [0.1, 0.15) is 9.77 Å². The van der Waals surface area contributed by atoms with Crippen LogP contribution in [0, 0.1) is 0 Å². The highest BCUT2D eigenvalue weighted by Gasteiger charge is 2.36. The standard InChI is InChI=1S/C16H23N3O3S2/c20-16(18-13-9-11-3-4-12(10-13)17-11)15-14(5-8-23-15)24(21,22)19-6-1-2-7-19/h5,8,11-13,17H,1-4,6-7,9-10H2,(H,18,20). The Labute approximate surface area is 146 Å². The van der Waals surface area contributed by atoms with E-state index in [1.165, 1.54) is 28.5 Å². The normalized spacial score (nSPS) is 30.6. The lowest BCUT2D eigenvalue weighted by Gasteiger charge is -2.29. The fourth-order valence-electron chi connectivity index (χ4n) is 4.16. The number of sulfonamides is 1. The number of carbonyl (C=O) groups excluding carboxylic acids is 1. The zero-order chi connectivity index (χ0) is 16.7. The van der Waals surface area contributed by atoms with Crippen LogP contribution in [0.15, 0.2) is 16.3 Å². The molecule has 3 saturated heterocycles. The molecule has 0 saturated carbocycles. The van der Waals surface area contributed by atoms with E-state index in [2.05, 4.69) is 10.6 Å². The lowest BCUT2D eigenvalue weighted by molar-refractivity contribution is 0.0925. The molecule has 3 fully saturated rings. The van der Waals surface area contributed by atoms with Gasteiger partial charge in [0.25, 0.3) is 5.91 Å². The Morgan fingerprint density at radius 1 is 1.21 bits per heavy atom. The molecule has 2 N–H and O–H groups in total. The Morgan fingerprint density at radius 2 is 1.88 bits per heavy atom. The third kappa shape index (κ3) is 3.00. The summed E-state index contributed by atoms with van der Waals surface area (Å²) in [6.45, 7) is 1.10. The highest BCUT2D eigenvalue weighted by atomic mass is 32.2. The van der Waals surface area contributed by atoms with Gasteiger partial charge in [0.2, 0.25) is 10.0 Å². The van der Waals surface area contributed by atoms with Gasteiger partial charge in [0, 0.05) is 31.2 Å². The summed E-state index contributed by atoms with van der Waals surface area (Å²) in [5.74, 6) is -0.242. The molecule has 1 amide bonds. The van der Waals surface area contributed by atoms with Gasteiger partial charge in [0.15, 0.2) is 0 Å². The first-order valence-corrected chi connectivity index (χ1v) is 11.0. The van der Waals surface area contributed by atoms with Gasteiger partial charge in [-0.15, -0.1) is 11.3 Å². The molecule has 0 spiro atoms. The molecule has 6 nitrogen and oxygen atoms in total. The van der Waals surface area contributed by atoms with Crippen LogP contribution in [0.1, 0.15) is 48.2 Å². The summed E-state index contributed by atoms with van der Waals surface area (Å²) in [6.07, 6.45) is 5.99. The molecule has 0 radical (unpaired) electrons. The van der Waals surface area contributed by atoms with Gasteiger partial charge in [0.05, 0.1) is 0 Å². The monoisotopic (exact) mass is 369 g/mol. The van der Waals surface area contributed by atoms with Crippen molar-refractivity contribution in [2.75, 3.05) is 13.1 Å². The predicted octanol–water partition coefficient (Wildman–Crippen LogP) is 1.55. The third-order valence-electron chi connectivity index (χ3n) is 5.33. The second-order valence-electron chi connectivity index (χ2n) is 7.00. The van der Waals surface area contributed by atoms with Crippen LogP contribution in [-0.4, -0.2) is 49.8 Å². The average molecular weight is 370 g/mol. The Kier molecular flexibility index (Phi) is 4.40. The van der Waals surface area contributed by atoms with Crippen molar-refractivity contribution in [3.63, 3.8) is 0 Å². The molecule has 1 aromatic heterocycles. The van der Waals surface area contributed by atoms with Crippen molar-refractivity contribution in [3.8, 4) is 0 Å². The molecule has 2 unspecified atom stereocenters. The fourth-order valence-corrected chi connectivity index (χ4v) is 6.98. The molecule has 0 aromatic carbocycles. The number of fused-ring (bicyclic) bond motifs is 2. The van der Waals surface area contributed by atoms with Gasteiger partial charge in [-0.05, 0) is 50.0 Å². The fraction of sp³-hybridized carbons (Fsp3) is 0.688. The first-order valence-electron chi connectivity index (χ1n) is 8.68. The summed E-state index contributed by atoms with van der Waals surface area (Å²) in [6, 6.07) is 2.69. The summed E-state index contributed by atoms with van der Waals surface area (Å²) in [7, 11) is -3.55. The maximum atomic E-state index is 12.8. The van der Waals surface area contributed by atoms with Crippen LogP contribution in [-0.2, 0) is 10.0 Å². The first-order chi connectivity index (χ1) is 11.5. The van der Waals surface area contributed by atoms with Gasteiger partial charge in [-0.25, -0.2) is 8.42 Å². The molecule has 132 valence electrons. The van der Waals surface area contributed by atoms with Crippen LogP contribution in [0.25, 0.3) is 0 Å². The summed E-state index contributed by atoms with van der Waals surface area (Å²) in [5, 5.41) is 8.32. The van der Waals surface area contributed by atoms with Crippen molar-refractivity contribution in [1.29, 1.82) is 0 Å². The van der Waals surface area contributed by atoms with E-state index < -0.39 is 10.0 Å². The van der Waals surface area contributed by atoms with Crippen LogP contribution in [0.2, 0.25) is 0 Å². The second kappa shape index (κ2) is 6.40. The summed E-state index contributed by atoms with van der Waals surface area (Å²) >= 11 is 1.22. The number of carbonyl (C=O) groups is 1. The zero-order valence-corrected chi connectivity index (χ0v) is 15.2. The minimum atomic E-state index is -3.55. The van der Waals surface area contributed by atoms with Crippen molar-refractivity contribution in [3.05, 3.63) is 16.3 Å². The molecule has 0 aliphatic carbocycles. The molecule has 3 aliphatic rings. The summed E-state index contributed by atoms with van der Waals surface area (Å²) in [5.41, 5.74) is 0. The van der Waals surface area contributed by atoms with E-state index in [-0.39, 0.29) is 16.8 Å². The van der Waals surface area contributed by atoms with Gasteiger partial charge in [-0.3, -0.25) is 4.79 Å². The quantitative estimate of drug-likeness (QED) is 0.844. The maximum Gasteiger partial charge on any atom is 0.262 e. The van der Waals surface area contributed by atoms with Crippen molar-refractivity contribution in [2.45, 2.75) is 61.5 Å². The predicted molar refractivity (Wildman–Crippen MR) is 92.7 cm³/mol.